The number of imide groups is 1. The van der Waals surface area contributed by atoms with Crippen LogP contribution < -0.4 is 0 Å². The Hall–Kier alpha value is -3.68. The van der Waals surface area contributed by atoms with Crippen molar-refractivity contribution in [1.82, 2.24) is 10.1 Å². The van der Waals surface area contributed by atoms with Crippen LogP contribution in [0.25, 0.3) is 11.5 Å². The molecule has 0 radical (unpaired) electrons. The predicted molar refractivity (Wildman–Crippen MR) is 85.8 cm³/mol. The van der Waals surface area contributed by atoms with E-state index in [1.807, 2.05) is 0 Å². The van der Waals surface area contributed by atoms with Gasteiger partial charge in [-0.25, -0.2) is 0 Å². The summed E-state index contributed by atoms with van der Waals surface area (Å²) in [6, 6.07) is 11.4. The molecule has 8 nitrogen and oxygen atoms in total. The molecule has 26 heavy (non-hydrogen) atoms. The molecule has 0 aliphatic carbocycles. The molecular formula is C18H12N2O6. The summed E-state index contributed by atoms with van der Waals surface area (Å²) in [5, 5.41) is 3.78. The van der Waals surface area contributed by atoms with E-state index in [1.165, 1.54) is 6.26 Å². The number of amides is 2. The van der Waals surface area contributed by atoms with Crippen LogP contribution in [-0.2, 0) is 16.1 Å². The van der Waals surface area contributed by atoms with Crippen molar-refractivity contribution in [3.05, 3.63) is 65.5 Å². The van der Waals surface area contributed by atoms with Crippen molar-refractivity contribution in [3.8, 4) is 11.5 Å². The van der Waals surface area contributed by atoms with E-state index in [1.54, 1.807) is 42.5 Å². The van der Waals surface area contributed by atoms with E-state index in [-0.39, 0.29) is 17.7 Å². The zero-order chi connectivity index (χ0) is 18.1. The molecule has 1 aromatic carbocycles. The molecule has 3 heterocycles. The molecule has 1 aliphatic rings. The Labute approximate surface area is 146 Å². The summed E-state index contributed by atoms with van der Waals surface area (Å²) in [5.41, 5.74) is 0.946. The van der Waals surface area contributed by atoms with Crippen LogP contribution in [0.15, 0.2) is 57.7 Å². The second kappa shape index (κ2) is 6.32. The first-order valence-corrected chi connectivity index (χ1v) is 7.74. The van der Waals surface area contributed by atoms with Gasteiger partial charge in [-0.2, -0.15) is 0 Å². The average molecular weight is 352 g/mol. The van der Waals surface area contributed by atoms with Gasteiger partial charge in [-0.15, -0.1) is 0 Å². The van der Waals surface area contributed by atoms with Gasteiger partial charge in [-0.05, 0) is 24.3 Å². The Morgan fingerprint density at radius 2 is 1.77 bits per heavy atom. The number of carbonyl (C=O) groups excluding carboxylic acids is 3. The van der Waals surface area contributed by atoms with Gasteiger partial charge in [0, 0.05) is 6.07 Å². The number of rotatable bonds is 5. The lowest BCUT2D eigenvalue weighted by atomic mass is 10.1. The molecule has 3 aromatic rings. The fourth-order valence-corrected chi connectivity index (χ4v) is 2.63. The summed E-state index contributed by atoms with van der Waals surface area (Å²) in [4.78, 5) is 37.3. The standard InChI is InChI=1S/C18H12N2O6/c21-16(9-20-17(22)12-4-1-2-5-13(12)18(20)23)25-10-11-8-15(26-19-11)14-6-3-7-24-14/h1-8H,9-10H2. The van der Waals surface area contributed by atoms with Crippen LogP contribution in [0.2, 0.25) is 0 Å². The predicted octanol–water partition coefficient (Wildman–Crippen LogP) is 2.27. The van der Waals surface area contributed by atoms with Gasteiger partial charge in [0.05, 0.1) is 17.4 Å². The van der Waals surface area contributed by atoms with E-state index in [0.717, 1.165) is 4.90 Å². The second-order valence-electron chi connectivity index (χ2n) is 5.56. The number of aromatic nitrogens is 1. The van der Waals surface area contributed by atoms with Gasteiger partial charge in [0.15, 0.2) is 5.76 Å². The van der Waals surface area contributed by atoms with Gasteiger partial charge in [-0.1, -0.05) is 17.3 Å². The molecule has 1 aliphatic heterocycles. The molecule has 0 saturated carbocycles. The molecule has 0 N–H and O–H groups in total. The van der Waals surface area contributed by atoms with Gasteiger partial charge in [0.2, 0.25) is 5.76 Å². The largest absolute Gasteiger partial charge is 0.461 e. The Bertz CT molecular complexity index is 954. The highest BCUT2D eigenvalue weighted by atomic mass is 16.5. The number of hydrogen-bond donors (Lipinski definition) is 0. The molecule has 0 bridgehead atoms. The normalized spacial score (nSPS) is 13.2. The van der Waals surface area contributed by atoms with Gasteiger partial charge in [-0.3, -0.25) is 19.3 Å². The summed E-state index contributed by atoms with van der Waals surface area (Å²) < 4.78 is 15.4. The fraction of sp³-hybridized carbons (Fsp3) is 0.111. The molecule has 4 rings (SSSR count). The first-order valence-electron chi connectivity index (χ1n) is 7.74. The maximum absolute atomic E-state index is 12.2. The minimum Gasteiger partial charge on any atom is -0.461 e. The minimum absolute atomic E-state index is 0.147. The molecule has 2 aromatic heterocycles. The van der Waals surface area contributed by atoms with Crippen LogP contribution in [-0.4, -0.2) is 34.4 Å². The Kier molecular flexibility index (Phi) is 3.85. The molecule has 0 fully saturated rings. The first-order chi connectivity index (χ1) is 12.6. The van der Waals surface area contributed by atoms with E-state index >= 15 is 0 Å². The quantitative estimate of drug-likeness (QED) is 0.512. The Morgan fingerprint density at radius 3 is 2.42 bits per heavy atom. The van der Waals surface area contributed by atoms with Crippen molar-refractivity contribution >= 4 is 17.8 Å². The number of furan rings is 1. The van der Waals surface area contributed by atoms with E-state index in [2.05, 4.69) is 5.16 Å². The van der Waals surface area contributed by atoms with E-state index in [9.17, 15) is 14.4 Å². The third-order valence-corrected chi connectivity index (χ3v) is 3.87. The molecule has 2 amide bonds. The lowest BCUT2D eigenvalue weighted by Crippen LogP contribution is -2.35. The molecular weight excluding hydrogens is 340 g/mol. The van der Waals surface area contributed by atoms with E-state index in [4.69, 9.17) is 13.7 Å². The summed E-state index contributed by atoms with van der Waals surface area (Å²) in [7, 11) is 0. The number of benzene rings is 1. The van der Waals surface area contributed by atoms with Gasteiger partial charge >= 0.3 is 5.97 Å². The highest BCUT2D eigenvalue weighted by Gasteiger charge is 2.36. The van der Waals surface area contributed by atoms with Crippen molar-refractivity contribution in [3.63, 3.8) is 0 Å². The Balaban J connectivity index is 1.37. The zero-order valence-electron chi connectivity index (χ0n) is 13.4. The average Bonchev–Trinajstić information content (AvgIpc) is 3.38. The second-order valence-corrected chi connectivity index (χ2v) is 5.56. The molecule has 0 saturated heterocycles. The van der Waals surface area contributed by atoms with Gasteiger partial charge in [0.1, 0.15) is 18.8 Å². The fourth-order valence-electron chi connectivity index (χ4n) is 2.63. The molecule has 130 valence electrons. The van der Waals surface area contributed by atoms with Crippen molar-refractivity contribution in [1.29, 1.82) is 0 Å². The summed E-state index contributed by atoms with van der Waals surface area (Å²) in [6.07, 6.45) is 1.50. The molecule has 0 atom stereocenters. The lowest BCUT2D eigenvalue weighted by molar-refractivity contribution is -0.145. The molecule has 8 heteroatoms. The first kappa shape index (κ1) is 15.8. The number of carbonyl (C=O) groups is 3. The topological polar surface area (TPSA) is 103 Å². The van der Waals surface area contributed by atoms with Crippen LogP contribution in [0, 0.1) is 0 Å². The van der Waals surface area contributed by atoms with Crippen molar-refractivity contribution in [2.75, 3.05) is 6.54 Å². The maximum atomic E-state index is 12.2. The third-order valence-electron chi connectivity index (χ3n) is 3.87. The van der Waals surface area contributed by atoms with Gasteiger partial charge in [0.25, 0.3) is 11.8 Å². The highest BCUT2D eigenvalue weighted by Crippen LogP contribution is 2.23. The summed E-state index contributed by atoms with van der Waals surface area (Å²) in [5.74, 6) is -0.835. The van der Waals surface area contributed by atoms with Crippen LogP contribution in [0.5, 0.6) is 0 Å². The number of fused-ring (bicyclic) bond motifs is 1. The number of ether oxygens (including phenoxy) is 1. The third kappa shape index (κ3) is 2.77. The molecule has 0 unspecified atom stereocenters. The van der Waals surface area contributed by atoms with Gasteiger partial charge < -0.3 is 13.7 Å². The van der Waals surface area contributed by atoms with Crippen LogP contribution in [0.4, 0.5) is 0 Å². The highest BCUT2D eigenvalue weighted by molar-refractivity contribution is 6.22. The van der Waals surface area contributed by atoms with Crippen LogP contribution >= 0.6 is 0 Å². The number of esters is 1. The van der Waals surface area contributed by atoms with Crippen molar-refractivity contribution in [2.45, 2.75) is 6.61 Å². The lowest BCUT2D eigenvalue weighted by Gasteiger charge is -2.12. The number of nitrogens with zero attached hydrogens (tertiary/aromatic N) is 2. The van der Waals surface area contributed by atoms with Crippen LogP contribution in [0.3, 0.4) is 0 Å². The van der Waals surface area contributed by atoms with Crippen LogP contribution in [0.1, 0.15) is 26.4 Å². The van der Waals surface area contributed by atoms with E-state index in [0.29, 0.717) is 17.2 Å². The van der Waals surface area contributed by atoms with E-state index < -0.39 is 24.3 Å². The molecule has 0 spiro atoms. The summed E-state index contributed by atoms with van der Waals surface area (Å²) >= 11 is 0. The Morgan fingerprint density at radius 1 is 1.04 bits per heavy atom. The zero-order valence-corrected chi connectivity index (χ0v) is 13.4. The SMILES string of the molecule is O=C(CN1C(=O)c2ccccc2C1=O)OCc1cc(-c2ccco2)on1. The summed E-state index contributed by atoms with van der Waals surface area (Å²) in [6.45, 7) is -0.610. The number of hydrogen-bond acceptors (Lipinski definition) is 7. The maximum Gasteiger partial charge on any atom is 0.326 e. The van der Waals surface area contributed by atoms with Crippen molar-refractivity contribution < 1.29 is 28.1 Å². The monoisotopic (exact) mass is 352 g/mol. The van der Waals surface area contributed by atoms with Crippen molar-refractivity contribution in [2.24, 2.45) is 0 Å². The smallest absolute Gasteiger partial charge is 0.326 e. The minimum atomic E-state index is -0.720.